The number of aromatic nitrogens is 4. The zero-order valence-electron chi connectivity index (χ0n) is 23.5. The van der Waals surface area contributed by atoms with Gasteiger partial charge in [0.25, 0.3) is 0 Å². The molecule has 5 rings (SSSR count). The number of anilines is 1. The van der Waals surface area contributed by atoms with Crippen LogP contribution in [0.2, 0.25) is 0 Å². The first-order valence-corrected chi connectivity index (χ1v) is 13.6. The predicted octanol–water partition coefficient (Wildman–Crippen LogP) is 5.26. The van der Waals surface area contributed by atoms with Crippen molar-refractivity contribution in [2.24, 2.45) is 0 Å². The van der Waals surface area contributed by atoms with Crippen molar-refractivity contribution < 1.29 is 13.9 Å². The Morgan fingerprint density at radius 3 is 2.33 bits per heavy atom. The quantitative estimate of drug-likeness (QED) is 0.351. The van der Waals surface area contributed by atoms with Crippen LogP contribution < -0.4 is 15.9 Å². The number of rotatable bonds is 5. The number of hydrogen-bond acceptors (Lipinski definition) is 7. The van der Waals surface area contributed by atoms with Gasteiger partial charge in [-0.1, -0.05) is 33.8 Å². The lowest BCUT2D eigenvalue weighted by Crippen LogP contribution is -2.55. The number of phenolic OH excluding ortho intramolecular Hbond substituents is 1. The lowest BCUT2D eigenvalue weighted by molar-refractivity contribution is 0.423. The van der Waals surface area contributed by atoms with Crippen molar-refractivity contribution in [3.8, 4) is 22.7 Å². The van der Waals surface area contributed by atoms with Crippen LogP contribution in [0.15, 0.2) is 41.5 Å². The molecule has 8 nitrogen and oxygen atoms in total. The molecule has 1 fully saturated rings. The third kappa shape index (κ3) is 4.70. The van der Waals surface area contributed by atoms with Crippen LogP contribution in [0.3, 0.4) is 0 Å². The second kappa shape index (κ2) is 10.6. The van der Waals surface area contributed by atoms with E-state index in [1.165, 1.54) is 22.8 Å². The third-order valence-corrected chi connectivity index (χ3v) is 7.51. The third-order valence-electron chi connectivity index (χ3n) is 7.51. The number of hydrogen-bond donors (Lipinski definition) is 2. The Morgan fingerprint density at radius 2 is 1.70 bits per heavy atom. The minimum atomic E-state index is -0.833. The van der Waals surface area contributed by atoms with Gasteiger partial charge in [0.15, 0.2) is 11.5 Å². The second-order valence-electron chi connectivity index (χ2n) is 11.2. The molecule has 40 heavy (non-hydrogen) atoms. The SMILES string of the molecule is CC(C)c1cncc(C(C)C)c1-n1c(=O)nc(N2C[C@@H](C)NC[C@@H]2C)c2cc(F)c(-c3c(O)cccc3F)nc21. The maximum atomic E-state index is 15.8. The first kappa shape index (κ1) is 27.6. The molecule has 4 aromatic rings. The molecule has 0 unspecified atom stereocenters. The van der Waals surface area contributed by atoms with Crippen molar-refractivity contribution in [1.82, 2.24) is 24.8 Å². The minimum absolute atomic E-state index is 0.00704. The molecule has 0 amide bonds. The van der Waals surface area contributed by atoms with Gasteiger partial charge in [0.2, 0.25) is 0 Å². The van der Waals surface area contributed by atoms with E-state index in [9.17, 15) is 14.3 Å². The van der Waals surface area contributed by atoms with Crippen molar-refractivity contribution in [2.45, 2.75) is 65.5 Å². The highest BCUT2D eigenvalue weighted by molar-refractivity contribution is 5.91. The van der Waals surface area contributed by atoms with Gasteiger partial charge in [-0.2, -0.15) is 4.98 Å². The van der Waals surface area contributed by atoms with E-state index in [-0.39, 0.29) is 40.8 Å². The van der Waals surface area contributed by atoms with Crippen LogP contribution in [0.1, 0.15) is 64.5 Å². The summed E-state index contributed by atoms with van der Waals surface area (Å²) in [5.41, 5.74) is 0.969. The molecule has 10 heteroatoms. The van der Waals surface area contributed by atoms with Crippen LogP contribution in [0.5, 0.6) is 5.75 Å². The van der Waals surface area contributed by atoms with Gasteiger partial charge in [-0.15, -0.1) is 0 Å². The van der Waals surface area contributed by atoms with Crippen molar-refractivity contribution in [3.63, 3.8) is 0 Å². The fraction of sp³-hybridized carbons (Fsp3) is 0.400. The smallest absolute Gasteiger partial charge is 0.355 e. The fourth-order valence-corrected chi connectivity index (χ4v) is 5.36. The van der Waals surface area contributed by atoms with Gasteiger partial charge >= 0.3 is 5.69 Å². The van der Waals surface area contributed by atoms with Crippen LogP contribution in [0, 0.1) is 11.6 Å². The minimum Gasteiger partial charge on any atom is -0.507 e. The van der Waals surface area contributed by atoms with Gasteiger partial charge in [-0.25, -0.2) is 23.1 Å². The summed E-state index contributed by atoms with van der Waals surface area (Å²) < 4.78 is 32.2. The second-order valence-corrected chi connectivity index (χ2v) is 11.2. The molecule has 0 radical (unpaired) electrons. The Balaban J connectivity index is 1.94. The average Bonchev–Trinajstić information content (AvgIpc) is 2.89. The molecule has 1 aliphatic rings. The van der Waals surface area contributed by atoms with Crippen molar-refractivity contribution in [3.05, 3.63) is 69.9 Å². The Kier molecular flexibility index (Phi) is 7.31. The van der Waals surface area contributed by atoms with Gasteiger partial charge in [0, 0.05) is 37.6 Å². The van der Waals surface area contributed by atoms with E-state index < -0.39 is 23.1 Å². The van der Waals surface area contributed by atoms with Crippen LogP contribution in [-0.2, 0) is 0 Å². The molecular weight excluding hydrogens is 514 g/mol. The van der Waals surface area contributed by atoms with Crippen molar-refractivity contribution in [1.29, 1.82) is 0 Å². The summed E-state index contributed by atoms with van der Waals surface area (Å²) >= 11 is 0. The van der Waals surface area contributed by atoms with Crippen LogP contribution in [0.25, 0.3) is 28.0 Å². The summed E-state index contributed by atoms with van der Waals surface area (Å²) in [5, 5.41) is 14.2. The van der Waals surface area contributed by atoms with Crippen LogP contribution in [-0.4, -0.2) is 49.8 Å². The molecule has 2 N–H and O–H groups in total. The zero-order valence-corrected chi connectivity index (χ0v) is 23.5. The van der Waals surface area contributed by atoms with Crippen LogP contribution >= 0.6 is 0 Å². The summed E-state index contributed by atoms with van der Waals surface area (Å²) in [7, 11) is 0. The summed E-state index contributed by atoms with van der Waals surface area (Å²) in [6.45, 7) is 13.2. The van der Waals surface area contributed by atoms with E-state index in [1.54, 1.807) is 12.4 Å². The number of nitrogens with one attached hydrogen (secondary N) is 1. The number of piperazine rings is 1. The Labute approximate surface area is 231 Å². The molecule has 210 valence electrons. The highest BCUT2D eigenvalue weighted by atomic mass is 19.1. The Hall–Kier alpha value is -3.92. The fourth-order valence-electron chi connectivity index (χ4n) is 5.36. The lowest BCUT2D eigenvalue weighted by Gasteiger charge is -2.38. The van der Waals surface area contributed by atoms with Gasteiger partial charge in [0.1, 0.15) is 23.1 Å². The van der Waals surface area contributed by atoms with Crippen LogP contribution in [0.4, 0.5) is 14.6 Å². The molecule has 0 bridgehead atoms. The number of aromatic hydroxyl groups is 1. The van der Waals surface area contributed by atoms with E-state index in [0.717, 1.165) is 17.2 Å². The summed E-state index contributed by atoms with van der Waals surface area (Å²) in [4.78, 5) is 29.5. The summed E-state index contributed by atoms with van der Waals surface area (Å²) in [5.74, 6) is -1.81. The van der Waals surface area contributed by atoms with Crippen molar-refractivity contribution in [2.75, 3.05) is 18.0 Å². The normalized spacial score (nSPS) is 17.8. The Bertz CT molecular complexity index is 1610. The van der Waals surface area contributed by atoms with E-state index in [0.29, 0.717) is 30.0 Å². The molecule has 0 aliphatic carbocycles. The largest absolute Gasteiger partial charge is 0.507 e. The summed E-state index contributed by atoms with van der Waals surface area (Å²) in [6, 6.07) is 5.06. The lowest BCUT2D eigenvalue weighted by atomic mass is 9.95. The maximum Gasteiger partial charge on any atom is 0.355 e. The molecule has 3 aromatic heterocycles. The van der Waals surface area contributed by atoms with E-state index >= 15 is 4.39 Å². The number of fused-ring (bicyclic) bond motifs is 1. The molecule has 0 saturated carbocycles. The molecular formula is C30H34F2N6O2. The number of nitrogens with zero attached hydrogens (tertiary/aromatic N) is 5. The highest BCUT2D eigenvalue weighted by Crippen LogP contribution is 2.37. The van der Waals surface area contributed by atoms with E-state index in [1.807, 2.05) is 46.4 Å². The van der Waals surface area contributed by atoms with Gasteiger partial charge in [0.05, 0.1) is 16.6 Å². The summed E-state index contributed by atoms with van der Waals surface area (Å²) in [6.07, 6.45) is 3.43. The van der Waals surface area contributed by atoms with Crippen molar-refractivity contribution >= 4 is 16.9 Å². The molecule has 1 aliphatic heterocycles. The number of benzene rings is 1. The monoisotopic (exact) mass is 548 g/mol. The molecule has 0 spiro atoms. The molecule has 1 saturated heterocycles. The Morgan fingerprint density at radius 1 is 1.02 bits per heavy atom. The topological polar surface area (TPSA) is 96.2 Å². The van der Waals surface area contributed by atoms with E-state index in [2.05, 4.69) is 20.3 Å². The highest BCUT2D eigenvalue weighted by Gasteiger charge is 2.30. The molecule has 2 atom stereocenters. The number of phenols is 1. The van der Waals surface area contributed by atoms with Gasteiger partial charge in [-0.3, -0.25) is 4.98 Å². The molecule has 4 heterocycles. The predicted molar refractivity (Wildman–Crippen MR) is 152 cm³/mol. The number of halogens is 2. The first-order chi connectivity index (χ1) is 19.0. The van der Waals surface area contributed by atoms with E-state index in [4.69, 9.17) is 0 Å². The van der Waals surface area contributed by atoms with Gasteiger partial charge < -0.3 is 15.3 Å². The number of pyridine rings is 2. The molecule has 1 aromatic carbocycles. The van der Waals surface area contributed by atoms with Gasteiger partial charge in [-0.05, 0) is 55.0 Å². The average molecular weight is 549 g/mol. The standard InChI is InChI=1S/C30H34F2N6O2/c1-15(2)20-12-33-13-21(16(3)4)27(20)38-29-19(28(36-30(38)40)37-14-17(5)34-11-18(37)6)10-23(32)26(35-29)25-22(31)8-7-9-24(25)39/h7-10,12-13,15-18,34,39H,11,14H2,1-6H3/t17-,18+/m1/s1. The first-order valence-electron chi connectivity index (χ1n) is 13.6. The maximum absolute atomic E-state index is 15.8. The zero-order chi connectivity index (χ0) is 28.9.